The highest BCUT2D eigenvalue weighted by Crippen LogP contribution is 2.62. The van der Waals surface area contributed by atoms with E-state index in [9.17, 15) is 24.3 Å². The van der Waals surface area contributed by atoms with E-state index in [1.54, 1.807) is 12.1 Å². The standard InChI is InChI=1S/C27H33NO11/c1-14-5-6-16(36-4)23-22(14)26-11-12-28(3)15(2)27(26,35)10-9-17(24(26)39-23)37-20(31)7-8-21(32)38-18(25(33)34)13-19(29)30/h5-6,9,15,18,24,35H,7-8,10-13H2,1-4H3,(H,29,30)(H,33,34)/t15-,18-,24+,26+,27-/m1/s1. The lowest BCUT2D eigenvalue weighted by Crippen LogP contribution is -2.71. The lowest BCUT2D eigenvalue weighted by Gasteiger charge is -2.58. The van der Waals surface area contributed by atoms with Gasteiger partial charge in [-0.25, -0.2) is 4.79 Å². The second-order valence-corrected chi connectivity index (χ2v) is 10.3. The average molecular weight is 548 g/mol. The molecule has 1 spiro atoms. The minimum atomic E-state index is -1.86. The fourth-order valence-electron chi connectivity index (χ4n) is 6.10. The number of methoxy groups -OCH3 is 1. The number of carbonyl (C=O) groups is 4. The lowest BCUT2D eigenvalue weighted by molar-refractivity contribution is -0.168. The molecule has 0 radical (unpaired) electrons. The first-order chi connectivity index (χ1) is 18.4. The molecular formula is C27H33NO11. The van der Waals surface area contributed by atoms with Crippen LogP contribution in [0, 0.1) is 6.92 Å². The normalized spacial score (nSPS) is 28.1. The molecule has 3 aliphatic rings. The third-order valence-electron chi connectivity index (χ3n) is 8.21. The van der Waals surface area contributed by atoms with E-state index in [0.717, 1.165) is 11.1 Å². The number of carboxylic acid groups (broad SMARTS) is 2. The van der Waals surface area contributed by atoms with Crippen LogP contribution >= 0.6 is 0 Å². The number of carboxylic acids is 2. The first-order valence-electron chi connectivity index (χ1n) is 12.7. The van der Waals surface area contributed by atoms with Crippen molar-refractivity contribution in [3.8, 4) is 11.5 Å². The molecule has 0 bridgehead atoms. The Bertz CT molecular complexity index is 1230. The number of esters is 2. The Labute approximate surface area is 225 Å². The van der Waals surface area contributed by atoms with Gasteiger partial charge in [0.15, 0.2) is 17.6 Å². The fraction of sp³-hybridized carbons (Fsp3) is 0.556. The molecule has 2 heterocycles. The number of likely N-dealkylation sites (N-methyl/N-ethyl adjacent to an activating group) is 1. The number of ether oxygens (including phenoxy) is 4. The highest BCUT2D eigenvalue weighted by Gasteiger charge is 2.69. The molecule has 4 rings (SSSR count). The Morgan fingerprint density at radius 1 is 1.18 bits per heavy atom. The zero-order chi connectivity index (χ0) is 28.7. The van der Waals surface area contributed by atoms with Gasteiger partial charge in [-0.2, -0.15) is 0 Å². The summed E-state index contributed by atoms with van der Waals surface area (Å²) in [6.45, 7) is 4.55. The minimum Gasteiger partial charge on any atom is -0.493 e. The van der Waals surface area contributed by atoms with Crippen molar-refractivity contribution in [1.82, 2.24) is 4.90 Å². The molecule has 5 atom stereocenters. The van der Waals surface area contributed by atoms with E-state index in [2.05, 4.69) is 4.90 Å². The maximum absolute atomic E-state index is 12.8. The zero-order valence-corrected chi connectivity index (χ0v) is 22.3. The number of rotatable bonds is 9. The van der Waals surface area contributed by atoms with Crippen LogP contribution in [0.5, 0.6) is 11.5 Å². The number of hydrogen-bond donors (Lipinski definition) is 3. The van der Waals surface area contributed by atoms with Crippen molar-refractivity contribution in [2.75, 3.05) is 20.7 Å². The summed E-state index contributed by atoms with van der Waals surface area (Å²) in [4.78, 5) is 48.9. The largest absolute Gasteiger partial charge is 0.493 e. The topological polar surface area (TPSA) is 169 Å². The molecule has 1 aromatic carbocycles. The summed E-state index contributed by atoms with van der Waals surface area (Å²) in [5, 5.41) is 30.1. The van der Waals surface area contributed by atoms with Crippen LogP contribution in [-0.2, 0) is 34.1 Å². The summed E-state index contributed by atoms with van der Waals surface area (Å²) in [7, 11) is 3.47. The van der Waals surface area contributed by atoms with E-state index in [-0.39, 0.29) is 18.2 Å². The van der Waals surface area contributed by atoms with Crippen molar-refractivity contribution >= 4 is 23.9 Å². The number of aryl methyl sites for hydroxylation is 1. The van der Waals surface area contributed by atoms with E-state index in [1.165, 1.54) is 7.11 Å². The van der Waals surface area contributed by atoms with E-state index >= 15 is 0 Å². The van der Waals surface area contributed by atoms with E-state index in [4.69, 9.17) is 29.2 Å². The van der Waals surface area contributed by atoms with E-state index in [0.29, 0.717) is 24.5 Å². The van der Waals surface area contributed by atoms with Crippen molar-refractivity contribution in [3.63, 3.8) is 0 Å². The molecule has 0 unspecified atom stereocenters. The number of likely N-dealkylation sites (tertiary alicyclic amines) is 1. The quantitative estimate of drug-likeness (QED) is 0.382. The molecular weight excluding hydrogens is 514 g/mol. The van der Waals surface area contributed by atoms with Crippen LogP contribution in [0.4, 0.5) is 0 Å². The van der Waals surface area contributed by atoms with Gasteiger partial charge in [-0.05, 0) is 51.6 Å². The fourth-order valence-corrected chi connectivity index (χ4v) is 6.10. The van der Waals surface area contributed by atoms with Gasteiger partial charge in [-0.15, -0.1) is 0 Å². The predicted octanol–water partition coefficient (Wildman–Crippen LogP) is 1.54. The number of benzene rings is 1. The highest BCUT2D eigenvalue weighted by molar-refractivity contribution is 5.84. The third-order valence-corrected chi connectivity index (χ3v) is 8.21. The van der Waals surface area contributed by atoms with Crippen molar-refractivity contribution in [2.24, 2.45) is 0 Å². The number of hydrogen-bond acceptors (Lipinski definition) is 10. The summed E-state index contributed by atoms with van der Waals surface area (Å²) in [6, 6.07) is 3.45. The summed E-state index contributed by atoms with van der Waals surface area (Å²) in [5.74, 6) is -3.68. The maximum Gasteiger partial charge on any atom is 0.345 e. The SMILES string of the molecule is COc1ccc(C)c2c1O[C@H]1C(OC(=O)CCC(=O)O[C@H](CC(=O)O)C(=O)O)=CC[C@@]3(O)[C@@H](C)N(C)CC[C@]213. The number of nitrogens with zero attached hydrogens (tertiary/aromatic N) is 1. The van der Waals surface area contributed by atoms with Crippen molar-refractivity contribution < 1.29 is 53.4 Å². The average Bonchev–Trinajstić information content (AvgIpc) is 3.24. The molecule has 39 heavy (non-hydrogen) atoms. The molecule has 1 aliphatic carbocycles. The van der Waals surface area contributed by atoms with Crippen LogP contribution in [0.3, 0.4) is 0 Å². The van der Waals surface area contributed by atoms with E-state index < -0.39 is 66.4 Å². The Morgan fingerprint density at radius 2 is 1.87 bits per heavy atom. The van der Waals surface area contributed by atoms with Gasteiger partial charge in [-0.1, -0.05) is 6.07 Å². The number of aliphatic carboxylic acids is 2. The second kappa shape index (κ2) is 10.5. The van der Waals surface area contributed by atoms with Crippen molar-refractivity contribution in [3.05, 3.63) is 35.1 Å². The van der Waals surface area contributed by atoms with Gasteiger partial charge in [0.2, 0.25) is 6.10 Å². The number of carbonyl (C=O) groups excluding carboxylic acids is 2. The molecule has 212 valence electrons. The van der Waals surface area contributed by atoms with Crippen LogP contribution in [0.2, 0.25) is 0 Å². The van der Waals surface area contributed by atoms with E-state index in [1.807, 2.05) is 27.0 Å². The number of fused-ring (bicyclic) bond motifs is 1. The Kier molecular flexibility index (Phi) is 7.63. The van der Waals surface area contributed by atoms with Crippen LogP contribution in [-0.4, -0.2) is 88.6 Å². The van der Waals surface area contributed by atoms with Crippen LogP contribution in [0.1, 0.15) is 50.2 Å². The van der Waals surface area contributed by atoms with Crippen molar-refractivity contribution in [1.29, 1.82) is 0 Å². The van der Waals surface area contributed by atoms with Gasteiger partial charge in [0.25, 0.3) is 0 Å². The molecule has 0 saturated carbocycles. The highest BCUT2D eigenvalue weighted by atomic mass is 16.6. The monoisotopic (exact) mass is 547 g/mol. The number of aliphatic hydroxyl groups is 1. The predicted molar refractivity (Wildman–Crippen MR) is 133 cm³/mol. The second-order valence-electron chi connectivity index (χ2n) is 10.3. The summed E-state index contributed by atoms with van der Waals surface area (Å²) in [5.41, 5.74) is -0.449. The van der Waals surface area contributed by atoms with Crippen LogP contribution in [0.15, 0.2) is 24.0 Å². The Morgan fingerprint density at radius 3 is 2.51 bits per heavy atom. The van der Waals surface area contributed by atoms with Crippen LogP contribution < -0.4 is 9.47 Å². The lowest BCUT2D eigenvalue weighted by atomic mass is 9.54. The van der Waals surface area contributed by atoms with Gasteiger partial charge in [0, 0.05) is 18.0 Å². The van der Waals surface area contributed by atoms with Gasteiger partial charge >= 0.3 is 23.9 Å². The molecule has 3 N–H and O–H groups in total. The van der Waals surface area contributed by atoms with Gasteiger partial charge in [0.1, 0.15) is 5.76 Å². The Hall–Kier alpha value is -3.64. The summed E-state index contributed by atoms with van der Waals surface area (Å²) < 4.78 is 22.4. The molecule has 2 aliphatic heterocycles. The summed E-state index contributed by atoms with van der Waals surface area (Å²) >= 11 is 0. The van der Waals surface area contributed by atoms with Gasteiger partial charge in [-0.3, -0.25) is 14.4 Å². The molecule has 1 saturated heterocycles. The first kappa shape index (κ1) is 28.4. The summed E-state index contributed by atoms with van der Waals surface area (Å²) in [6.07, 6.45) is -2.19. The molecule has 0 aromatic heterocycles. The smallest absolute Gasteiger partial charge is 0.345 e. The Balaban J connectivity index is 1.57. The number of piperidine rings is 1. The van der Waals surface area contributed by atoms with Gasteiger partial charge in [0.05, 0.1) is 37.4 Å². The first-order valence-corrected chi connectivity index (χ1v) is 12.7. The molecule has 12 heteroatoms. The zero-order valence-electron chi connectivity index (χ0n) is 22.3. The maximum atomic E-state index is 12.8. The van der Waals surface area contributed by atoms with Gasteiger partial charge < -0.3 is 39.2 Å². The van der Waals surface area contributed by atoms with Crippen LogP contribution in [0.25, 0.3) is 0 Å². The minimum absolute atomic E-state index is 0.189. The molecule has 12 nitrogen and oxygen atoms in total. The van der Waals surface area contributed by atoms with Crippen molar-refractivity contribution in [2.45, 2.75) is 75.2 Å². The molecule has 0 amide bonds. The molecule has 1 aromatic rings. The molecule has 1 fully saturated rings. The third kappa shape index (κ3) is 4.71.